The number of hydrogen-bond donors (Lipinski definition) is 0. The summed E-state index contributed by atoms with van der Waals surface area (Å²) >= 11 is 1.68. The summed E-state index contributed by atoms with van der Waals surface area (Å²) in [4.78, 5) is 24.8. The van der Waals surface area contributed by atoms with E-state index >= 15 is 0 Å². The molecule has 0 unspecified atom stereocenters. The minimum Gasteiger partial charge on any atom is -0.377 e. The van der Waals surface area contributed by atoms with E-state index in [9.17, 15) is 4.79 Å². The zero-order valence-electron chi connectivity index (χ0n) is 19.6. The number of ether oxygens (including phenoxy) is 1. The highest BCUT2D eigenvalue weighted by molar-refractivity contribution is 7.99. The SMILES string of the molecule is Cc1cnc(SC[C@H]2CCCO2)nc1[C@@H]1CCCN(C(=O)c2cccc(Cn3cccn3)c2)C1. The first-order valence-corrected chi connectivity index (χ1v) is 13.1. The number of piperidine rings is 1. The van der Waals surface area contributed by atoms with E-state index in [1.165, 1.54) is 0 Å². The fraction of sp³-hybridized carbons (Fsp3) is 0.462. The Morgan fingerprint density at radius 1 is 1.24 bits per heavy atom. The molecule has 5 rings (SSSR count). The molecular weight excluding hydrogens is 446 g/mol. The molecule has 2 aromatic heterocycles. The van der Waals surface area contributed by atoms with Gasteiger partial charge in [0.25, 0.3) is 5.91 Å². The highest BCUT2D eigenvalue weighted by Crippen LogP contribution is 2.30. The Bertz CT molecular complexity index is 1110. The van der Waals surface area contributed by atoms with Crippen molar-refractivity contribution in [2.24, 2.45) is 0 Å². The van der Waals surface area contributed by atoms with Crippen LogP contribution in [0.25, 0.3) is 0 Å². The molecule has 2 aliphatic heterocycles. The molecule has 34 heavy (non-hydrogen) atoms. The molecule has 3 aromatic rings. The van der Waals surface area contributed by atoms with Crippen LogP contribution in [0, 0.1) is 6.92 Å². The van der Waals surface area contributed by atoms with Gasteiger partial charge in [0.1, 0.15) is 0 Å². The van der Waals surface area contributed by atoms with E-state index in [-0.39, 0.29) is 11.8 Å². The molecule has 0 N–H and O–H groups in total. The molecule has 1 aromatic carbocycles. The number of likely N-dealkylation sites (tertiary alicyclic amines) is 1. The summed E-state index contributed by atoms with van der Waals surface area (Å²) in [7, 11) is 0. The standard InChI is InChI=1S/C26H31N5O2S/c1-19-15-27-26(34-18-23-9-4-13-33-23)29-24(19)22-8-3-11-30(17-22)25(32)21-7-2-6-20(14-21)16-31-12-5-10-28-31/h2,5-7,10,12,14-15,22-23H,3-4,8-9,11,13,16-18H2,1H3/t22-,23-/m1/s1. The number of rotatable bonds is 7. The fourth-order valence-electron chi connectivity index (χ4n) is 4.82. The van der Waals surface area contributed by atoms with Gasteiger partial charge in [-0.15, -0.1) is 0 Å². The molecular formula is C26H31N5O2S. The fourth-order valence-corrected chi connectivity index (χ4v) is 5.70. The van der Waals surface area contributed by atoms with Crippen molar-refractivity contribution < 1.29 is 9.53 Å². The summed E-state index contributed by atoms with van der Waals surface area (Å²) in [5.74, 6) is 1.22. The van der Waals surface area contributed by atoms with E-state index in [2.05, 4.69) is 17.0 Å². The maximum absolute atomic E-state index is 13.4. The Hall–Kier alpha value is -2.71. The first-order valence-electron chi connectivity index (χ1n) is 12.1. The van der Waals surface area contributed by atoms with Gasteiger partial charge in [0.2, 0.25) is 0 Å². The first kappa shape index (κ1) is 23.1. The summed E-state index contributed by atoms with van der Waals surface area (Å²) in [6.45, 7) is 5.06. The number of nitrogens with zero attached hydrogens (tertiary/aromatic N) is 5. The monoisotopic (exact) mass is 477 g/mol. The molecule has 8 heteroatoms. The van der Waals surface area contributed by atoms with Gasteiger partial charge in [-0.3, -0.25) is 9.48 Å². The molecule has 0 bridgehead atoms. The van der Waals surface area contributed by atoms with Crippen LogP contribution in [0.2, 0.25) is 0 Å². The molecule has 2 aliphatic rings. The molecule has 1 amide bonds. The molecule has 0 radical (unpaired) electrons. The van der Waals surface area contributed by atoms with Gasteiger partial charge in [-0.05, 0) is 61.9 Å². The highest BCUT2D eigenvalue weighted by Gasteiger charge is 2.28. The van der Waals surface area contributed by atoms with Crippen molar-refractivity contribution in [3.8, 4) is 0 Å². The lowest BCUT2D eigenvalue weighted by Crippen LogP contribution is -2.39. The van der Waals surface area contributed by atoms with Crippen molar-refractivity contribution in [2.45, 2.75) is 56.3 Å². The third kappa shape index (κ3) is 5.50. The lowest BCUT2D eigenvalue weighted by molar-refractivity contribution is 0.0705. The van der Waals surface area contributed by atoms with Crippen LogP contribution in [0.3, 0.4) is 0 Å². The van der Waals surface area contributed by atoms with Crippen LogP contribution in [0.1, 0.15) is 58.8 Å². The molecule has 4 heterocycles. The zero-order chi connectivity index (χ0) is 23.3. The van der Waals surface area contributed by atoms with E-state index in [1.807, 2.05) is 52.3 Å². The molecule has 2 fully saturated rings. The normalized spacial score (nSPS) is 20.6. The van der Waals surface area contributed by atoms with Crippen LogP contribution < -0.4 is 0 Å². The maximum Gasteiger partial charge on any atom is 0.253 e. The summed E-state index contributed by atoms with van der Waals surface area (Å²) < 4.78 is 7.61. The van der Waals surface area contributed by atoms with Gasteiger partial charge in [-0.25, -0.2) is 9.97 Å². The maximum atomic E-state index is 13.4. The third-order valence-electron chi connectivity index (χ3n) is 6.58. The Balaban J connectivity index is 1.26. The number of carbonyl (C=O) groups excluding carboxylic acids is 1. The molecule has 178 valence electrons. The van der Waals surface area contributed by atoms with Gasteiger partial charge in [0.05, 0.1) is 18.3 Å². The van der Waals surface area contributed by atoms with Crippen molar-refractivity contribution in [2.75, 3.05) is 25.4 Å². The van der Waals surface area contributed by atoms with Gasteiger partial charge in [-0.2, -0.15) is 5.10 Å². The lowest BCUT2D eigenvalue weighted by Gasteiger charge is -2.33. The van der Waals surface area contributed by atoms with Crippen molar-refractivity contribution in [1.82, 2.24) is 24.6 Å². The Morgan fingerprint density at radius 2 is 2.18 bits per heavy atom. The van der Waals surface area contributed by atoms with Crippen molar-refractivity contribution in [3.05, 3.63) is 71.3 Å². The van der Waals surface area contributed by atoms with Crippen molar-refractivity contribution in [3.63, 3.8) is 0 Å². The van der Waals surface area contributed by atoms with Gasteiger partial charge in [0.15, 0.2) is 5.16 Å². The second-order valence-corrected chi connectivity index (χ2v) is 10.1. The number of benzene rings is 1. The van der Waals surface area contributed by atoms with Gasteiger partial charge < -0.3 is 9.64 Å². The second kappa shape index (κ2) is 10.7. The minimum absolute atomic E-state index is 0.0895. The van der Waals surface area contributed by atoms with Crippen LogP contribution in [-0.4, -0.2) is 62.1 Å². The summed E-state index contributed by atoms with van der Waals surface area (Å²) in [6.07, 6.45) is 10.2. The zero-order valence-corrected chi connectivity index (χ0v) is 20.4. The van der Waals surface area contributed by atoms with E-state index < -0.39 is 0 Å². The second-order valence-electron chi connectivity index (χ2n) is 9.16. The highest BCUT2D eigenvalue weighted by atomic mass is 32.2. The molecule has 2 atom stereocenters. The van der Waals surface area contributed by atoms with Crippen LogP contribution >= 0.6 is 11.8 Å². The summed E-state index contributed by atoms with van der Waals surface area (Å²) in [5, 5.41) is 5.08. The van der Waals surface area contributed by atoms with E-state index in [4.69, 9.17) is 9.72 Å². The Kier molecular flexibility index (Phi) is 7.25. The Morgan fingerprint density at radius 3 is 3.00 bits per heavy atom. The van der Waals surface area contributed by atoms with Crippen LogP contribution in [0.15, 0.2) is 54.1 Å². The topological polar surface area (TPSA) is 73.1 Å². The molecule has 2 saturated heterocycles. The number of aromatic nitrogens is 4. The number of carbonyl (C=O) groups is 1. The van der Waals surface area contributed by atoms with E-state index in [1.54, 1.807) is 18.0 Å². The summed E-state index contributed by atoms with van der Waals surface area (Å²) in [6, 6.07) is 9.80. The van der Waals surface area contributed by atoms with Crippen molar-refractivity contribution in [1.29, 1.82) is 0 Å². The molecule has 0 aliphatic carbocycles. The van der Waals surface area contributed by atoms with E-state index in [0.29, 0.717) is 19.2 Å². The number of amides is 1. The minimum atomic E-state index is 0.0895. The average molecular weight is 478 g/mol. The van der Waals surface area contributed by atoms with Gasteiger partial charge in [-0.1, -0.05) is 23.9 Å². The number of hydrogen-bond acceptors (Lipinski definition) is 6. The third-order valence-corrected chi connectivity index (χ3v) is 7.58. The average Bonchev–Trinajstić information content (AvgIpc) is 3.58. The van der Waals surface area contributed by atoms with E-state index in [0.717, 1.165) is 72.1 Å². The van der Waals surface area contributed by atoms with Gasteiger partial charge >= 0.3 is 0 Å². The smallest absolute Gasteiger partial charge is 0.253 e. The van der Waals surface area contributed by atoms with Crippen LogP contribution in [0.5, 0.6) is 0 Å². The molecule has 7 nitrogen and oxygen atoms in total. The Labute approximate surface area is 204 Å². The largest absolute Gasteiger partial charge is 0.377 e. The van der Waals surface area contributed by atoms with Crippen LogP contribution in [-0.2, 0) is 11.3 Å². The molecule has 0 spiro atoms. The number of aryl methyl sites for hydroxylation is 1. The first-order chi connectivity index (χ1) is 16.7. The van der Waals surface area contributed by atoms with Crippen LogP contribution in [0.4, 0.5) is 0 Å². The quantitative estimate of drug-likeness (QED) is 0.373. The predicted molar refractivity (Wildman–Crippen MR) is 132 cm³/mol. The van der Waals surface area contributed by atoms with Crippen molar-refractivity contribution >= 4 is 17.7 Å². The van der Waals surface area contributed by atoms with Gasteiger partial charge in [0, 0.05) is 55.5 Å². The molecule has 0 saturated carbocycles. The summed E-state index contributed by atoms with van der Waals surface area (Å²) in [5.41, 5.74) is 3.98. The predicted octanol–water partition coefficient (Wildman–Crippen LogP) is 4.32. The number of thioether (sulfide) groups is 1. The lowest BCUT2D eigenvalue weighted by atomic mass is 9.92.